The molecule has 0 aliphatic heterocycles. The Balaban J connectivity index is 1.95. The fraction of sp³-hybridized carbons (Fsp3) is 0.357. The van der Waals surface area contributed by atoms with Crippen molar-refractivity contribution in [3.05, 3.63) is 35.9 Å². The van der Waals surface area contributed by atoms with Crippen molar-refractivity contribution in [2.45, 2.75) is 19.3 Å². The van der Waals surface area contributed by atoms with Crippen molar-refractivity contribution >= 4 is 11.6 Å². The SMILES string of the molecule is Nc1cccc(C(=O)NCC2CC=CCC2)c1O. The van der Waals surface area contributed by atoms with Gasteiger partial charge in [-0.25, -0.2) is 0 Å². The summed E-state index contributed by atoms with van der Waals surface area (Å²) in [5, 5.41) is 12.6. The third-order valence-corrected chi connectivity index (χ3v) is 3.24. The molecule has 4 nitrogen and oxygen atoms in total. The van der Waals surface area contributed by atoms with E-state index in [1.54, 1.807) is 18.2 Å². The summed E-state index contributed by atoms with van der Waals surface area (Å²) in [5.41, 5.74) is 6.02. The number of aromatic hydroxyl groups is 1. The fourth-order valence-electron chi connectivity index (χ4n) is 2.12. The van der Waals surface area contributed by atoms with Gasteiger partial charge in [0.1, 0.15) is 0 Å². The van der Waals surface area contributed by atoms with Gasteiger partial charge in [-0.05, 0) is 37.3 Å². The van der Waals surface area contributed by atoms with E-state index < -0.39 is 0 Å². The number of benzene rings is 1. The van der Waals surface area contributed by atoms with Crippen LogP contribution in [-0.2, 0) is 0 Å². The molecule has 4 N–H and O–H groups in total. The predicted molar refractivity (Wildman–Crippen MR) is 71.3 cm³/mol. The zero-order valence-electron chi connectivity index (χ0n) is 10.2. The van der Waals surface area contributed by atoms with Crippen molar-refractivity contribution in [1.82, 2.24) is 5.32 Å². The summed E-state index contributed by atoms with van der Waals surface area (Å²) in [6.07, 6.45) is 7.49. The van der Waals surface area contributed by atoms with Gasteiger partial charge in [-0.2, -0.15) is 0 Å². The summed E-state index contributed by atoms with van der Waals surface area (Å²) in [4.78, 5) is 11.9. The highest BCUT2D eigenvalue weighted by molar-refractivity contribution is 5.98. The largest absolute Gasteiger partial charge is 0.505 e. The molecule has 96 valence electrons. The molecule has 0 radical (unpaired) electrons. The van der Waals surface area contributed by atoms with E-state index in [1.807, 2.05) is 0 Å². The lowest BCUT2D eigenvalue weighted by Gasteiger charge is -2.18. The van der Waals surface area contributed by atoms with E-state index >= 15 is 0 Å². The van der Waals surface area contributed by atoms with Crippen molar-refractivity contribution in [2.24, 2.45) is 5.92 Å². The van der Waals surface area contributed by atoms with Gasteiger partial charge in [0.15, 0.2) is 5.75 Å². The monoisotopic (exact) mass is 246 g/mol. The second-order valence-electron chi connectivity index (χ2n) is 4.60. The van der Waals surface area contributed by atoms with E-state index in [2.05, 4.69) is 17.5 Å². The van der Waals surface area contributed by atoms with Crippen LogP contribution < -0.4 is 11.1 Å². The first-order valence-corrected chi connectivity index (χ1v) is 6.19. The topological polar surface area (TPSA) is 75.4 Å². The molecule has 1 aromatic rings. The Morgan fingerprint density at radius 2 is 2.28 bits per heavy atom. The summed E-state index contributed by atoms with van der Waals surface area (Å²) in [6.45, 7) is 0.636. The molecule has 0 saturated heterocycles. The number of hydrogen-bond donors (Lipinski definition) is 3. The Morgan fingerprint density at radius 1 is 1.44 bits per heavy atom. The normalized spacial score (nSPS) is 18.6. The van der Waals surface area contributed by atoms with Gasteiger partial charge in [-0.1, -0.05) is 18.2 Å². The lowest BCUT2D eigenvalue weighted by Crippen LogP contribution is -2.29. The Kier molecular flexibility index (Phi) is 3.87. The highest BCUT2D eigenvalue weighted by Crippen LogP contribution is 2.24. The van der Waals surface area contributed by atoms with Crippen LogP contribution in [0.5, 0.6) is 5.75 Å². The van der Waals surface area contributed by atoms with Crippen LogP contribution in [0.25, 0.3) is 0 Å². The number of carbonyl (C=O) groups is 1. The van der Waals surface area contributed by atoms with Crippen molar-refractivity contribution in [1.29, 1.82) is 0 Å². The number of nitrogens with one attached hydrogen (secondary N) is 1. The number of amides is 1. The Labute approximate surface area is 107 Å². The van der Waals surface area contributed by atoms with Gasteiger partial charge in [0.25, 0.3) is 5.91 Å². The van der Waals surface area contributed by atoms with Gasteiger partial charge in [-0.15, -0.1) is 0 Å². The highest BCUT2D eigenvalue weighted by Gasteiger charge is 2.15. The lowest BCUT2D eigenvalue weighted by molar-refractivity contribution is 0.0943. The number of phenolic OH excluding ortho intramolecular Hbond substituents is 1. The molecular weight excluding hydrogens is 228 g/mol. The summed E-state index contributed by atoms with van der Waals surface area (Å²) in [5.74, 6) is 0.0787. The maximum Gasteiger partial charge on any atom is 0.255 e. The predicted octanol–water partition coefficient (Wildman–Crippen LogP) is 2.06. The smallest absolute Gasteiger partial charge is 0.255 e. The number of allylic oxidation sites excluding steroid dienone is 2. The van der Waals surface area contributed by atoms with Gasteiger partial charge >= 0.3 is 0 Å². The maximum atomic E-state index is 11.9. The first-order chi connectivity index (χ1) is 8.68. The number of rotatable bonds is 3. The summed E-state index contributed by atoms with van der Waals surface area (Å²) in [6, 6.07) is 4.80. The van der Waals surface area contributed by atoms with Crippen molar-refractivity contribution in [3.8, 4) is 5.75 Å². The summed E-state index contributed by atoms with van der Waals surface area (Å²) >= 11 is 0. The van der Waals surface area contributed by atoms with E-state index in [9.17, 15) is 9.90 Å². The molecular formula is C14H18N2O2. The van der Waals surface area contributed by atoms with E-state index in [-0.39, 0.29) is 22.9 Å². The molecule has 2 rings (SSSR count). The molecule has 0 fully saturated rings. The number of anilines is 1. The fourth-order valence-corrected chi connectivity index (χ4v) is 2.12. The molecule has 0 heterocycles. The van der Waals surface area contributed by atoms with E-state index in [0.29, 0.717) is 12.5 Å². The van der Waals surface area contributed by atoms with Crippen LogP contribution in [0.4, 0.5) is 5.69 Å². The van der Waals surface area contributed by atoms with Gasteiger partial charge in [0.05, 0.1) is 11.3 Å². The van der Waals surface area contributed by atoms with Crippen LogP contribution >= 0.6 is 0 Å². The molecule has 0 bridgehead atoms. The second-order valence-corrected chi connectivity index (χ2v) is 4.60. The molecule has 0 aromatic heterocycles. The zero-order chi connectivity index (χ0) is 13.0. The minimum atomic E-state index is -0.269. The lowest BCUT2D eigenvalue weighted by atomic mass is 9.94. The number of nitrogens with two attached hydrogens (primary N) is 1. The average Bonchev–Trinajstić information content (AvgIpc) is 2.40. The molecule has 1 unspecified atom stereocenters. The maximum absolute atomic E-state index is 11.9. The zero-order valence-corrected chi connectivity index (χ0v) is 10.2. The molecule has 0 spiro atoms. The molecule has 18 heavy (non-hydrogen) atoms. The third kappa shape index (κ3) is 2.83. The van der Waals surface area contributed by atoms with Crippen molar-refractivity contribution in [3.63, 3.8) is 0 Å². The van der Waals surface area contributed by atoms with E-state index in [0.717, 1.165) is 19.3 Å². The van der Waals surface area contributed by atoms with Crippen molar-refractivity contribution in [2.75, 3.05) is 12.3 Å². The average molecular weight is 246 g/mol. The Bertz CT molecular complexity index is 469. The van der Waals surface area contributed by atoms with Crippen LogP contribution in [0.2, 0.25) is 0 Å². The third-order valence-electron chi connectivity index (χ3n) is 3.24. The molecule has 4 heteroatoms. The number of hydrogen-bond acceptors (Lipinski definition) is 3. The van der Waals surface area contributed by atoms with Crippen molar-refractivity contribution < 1.29 is 9.90 Å². The first kappa shape index (κ1) is 12.5. The Morgan fingerprint density at radius 3 is 3.00 bits per heavy atom. The molecule has 1 amide bonds. The van der Waals surface area contributed by atoms with Crippen LogP contribution in [-0.4, -0.2) is 17.6 Å². The molecule has 1 aromatic carbocycles. The number of para-hydroxylation sites is 1. The van der Waals surface area contributed by atoms with Crippen LogP contribution in [0, 0.1) is 5.92 Å². The quantitative estimate of drug-likeness (QED) is 0.434. The van der Waals surface area contributed by atoms with Crippen LogP contribution in [0.15, 0.2) is 30.4 Å². The van der Waals surface area contributed by atoms with Crippen LogP contribution in [0.3, 0.4) is 0 Å². The number of carbonyl (C=O) groups excluding carboxylic acids is 1. The molecule has 0 saturated carbocycles. The summed E-state index contributed by atoms with van der Waals surface area (Å²) < 4.78 is 0. The van der Waals surface area contributed by atoms with Gasteiger partial charge in [-0.3, -0.25) is 4.79 Å². The summed E-state index contributed by atoms with van der Waals surface area (Å²) in [7, 11) is 0. The standard InChI is InChI=1S/C14H18N2O2/c15-12-8-4-7-11(13(12)17)14(18)16-9-10-5-2-1-3-6-10/h1-2,4,7-8,10,17H,3,5-6,9,15H2,(H,16,18). The minimum absolute atomic E-state index is 0.140. The van der Waals surface area contributed by atoms with E-state index in [4.69, 9.17) is 5.73 Å². The molecule has 1 aliphatic rings. The second kappa shape index (κ2) is 5.58. The molecule has 1 aliphatic carbocycles. The minimum Gasteiger partial charge on any atom is -0.505 e. The molecule has 1 atom stereocenters. The van der Waals surface area contributed by atoms with Gasteiger partial charge in [0, 0.05) is 6.54 Å². The van der Waals surface area contributed by atoms with Gasteiger partial charge < -0.3 is 16.2 Å². The Hall–Kier alpha value is -1.97. The van der Waals surface area contributed by atoms with Crippen LogP contribution in [0.1, 0.15) is 29.6 Å². The highest BCUT2D eigenvalue weighted by atomic mass is 16.3. The van der Waals surface area contributed by atoms with E-state index in [1.165, 1.54) is 0 Å². The van der Waals surface area contributed by atoms with Gasteiger partial charge in [0.2, 0.25) is 0 Å². The first-order valence-electron chi connectivity index (χ1n) is 6.19. The number of nitrogen functional groups attached to an aromatic ring is 1. The number of phenols is 1.